The summed E-state index contributed by atoms with van der Waals surface area (Å²) in [5.41, 5.74) is 4.07. The molecule has 0 spiro atoms. The van der Waals surface area contributed by atoms with Gasteiger partial charge in [-0.05, 0) is 56.2 Å². The van der Waals surface area contributed by atoms with Gasteiger partial charge in [0.15, 0.2) is 0 Å². The number of nitrogens with zero attached hydrogens (tertiary/aromatic N) is 2. The number of rotatable bonds is 9. The zero-order valence-electron chi connectivity index (χ0n) is 18.8. The molecule has 0 unspecified atom stereocenters. The van der Waals surface area contributed by atoms with Crippen LogP contribution in [0, 0.1) is 6.92 Å². The Morgan fingerprint density at radius 3 is 2.66 bits per heavy atom. The minimum Gasteiger partial charge on any atom is -0.466 e. The lowest BCUT2D eigenvalue weighted by Gasteiger charge is -2.14. The molecule has 0 saturated heterocycles. The summed E-state index contributed by atoms with van der Waals surface area (Å²) < 4.78 is 4.66. The number of hydrogen-bond donors (Lipinski definition) is 2. The van der Waals surface area contributed by atoms with Crippen molar-refractivity contribution < 1.29 is 9.53 Å². The number of ether oxygens (including phenoxy) is 1. The standard InChI is InChI=1S/C25H28N4O2S/c1-17(2)27-24-20(10-13-23(30)31-4)15-26-25(29-24)28-22-12-11-21(14-18(22)3)32-16-19-8-6-5-7-9-19/h5-15,17H,16H2,1-4H3,(H2,26,27,28,29)/b13-10+. The molecule has 166 valence electrons. The molecule has 3 rings (SSSR count). The molecule has 2 N–H and O–H groups in total. The van der Waals surface area contributed by atoms with Crippen LogP contribution in [0.3, 0.4) is 0 Å². The number of anilines is 3. The molecule has 2 aromatic carbocycles. The topological polar surface area (TPSA) is 76.1 Å². The first kappa shape index (κ1) is 23.3. The summed E-state index contributed by atoms with van der Waals surface area (Å²) in [6, 6.07) is 16.9. The van der Waals surface area contributed by atoms with Crippen LogP contribution in [-0.2, 0) is 15.3 Å². The summed E-state index contributed by atoms with van der Waals surface area (Å²) in [5, 5.41) is 6.60. The zero-order valence-corrected chi connectivity index (χ0v) is 19.6. The van der Waals surface area contributed by atoms with E-state index in [0.717, 1.165) is 17.0 Å². The van der Waals surface area contributed by atoms with Gasteiger partial charge in [0.2, 0.25) is 5.95 Å². The highest BCUT2D eigenvalue weighted by molar-refractivity contribution is 7.98. The first-order valence-electron chi connectivity index (χ1n) is 10.4. The predicted molar refractivity (Wildman–Crippen MR) is 132 cm³/mol. The largest absolute Gasteiger partial charge is 0.466 e. The Balaban J connectivity index is 1.74. The molecule has 0 saturated carbocycles. The van der Waals surface area contributed by atoms with Gasteiger partial charge in [0.1, 0.15) is 5.82 Å². The van der Waals surface area contributed by atoms with Gasteiger partial charge in [-0.2, -0.15) is 4.98 Å². The third-order valence-electron chi connectivity index (χ3n) is 4.54. The van der Waals surface area contributed by atoms with Crippen LogP contribution in [-0.4, -0.2) is 29.1 Å². The van der Waals surface area contributed by atoms with Crippen LogP contribution < -0.4 is 10.6 Å². The van der Waals surface area contributed by atoms with Gasteiger partial charge in [0.25, 0.3) is 0 Å². The highest BCUT2D eigenvalue weighted by atomic mass is 32.2. The van der Waals surface area contributed by atoms with E-state index in [9.17, 15) is 4.79 Å². The quantitative estimate of drug-likeness (QED) is 0.242. The third kappa shape index (κ3) is 6.85. The lowest BCUT2D eigenvalue weighted by Crippen LogP contribution is -2.13. The Bertz CT molecular complexity index is 1080. The SMILES string of the molecule is COC(=O)/C=C/c1cnc(Nc2ccc(SCc3ccccc3)cc2C)nc1NC(C)C. The summed E-state index contributed by atoms with van der Waals surface area (Å²) in [6.45, 7) is 6.12. The zero-order chi connectivity index (χ0) is 22.9. The lowest BCUT2D eigenvalue weighted by molar-refractivity contribution is -0.134. The second kappa shape index (κ2) is 11.3. The number of methoxy groups -OCH3 is 1. The molecule has 3 aromatic rings. The first-order valence-corrected chi connectivity index (χ1v) is 11.4. The number of benzene rings is 2. The van der Waals surface area contributed by atoms with E-state index >= 15 is 0 Å². The minimum atomic E-state index is -0.427. The van der Waals surface area contributed by atoms with Gasteiger partial charge >= 0.3 is 5.97 Å². The van der Waals surface area contributed by atoms with E-state index in [-0.39, 0.29) is 6.04 Å². The molecule has 0 aliphatic heterocycles. The normalized spacial score (nSPS) is 11.0. The van der Waals surface area contributed by atoms with Gasteiger partial charge in [-0.15, -0.1) is 11.8 Å². The highest BCUT2D eigenvalue weighted by Crippen LogP contribution is 2.28. The summed E-state index contributed by atoms with van der Waals surface area (Å²) in [7, 11) is 1.34. The third-order valence-corrected chi connectivity index (χ3v) is 5.60. The maximum Gasteiger partial charge on any atom is 0.330 e. The second-order valence-corrected chi connectivity index (χ2v) is 8.58. The van der Waals surface area contributed by atoms with Crippen LogP contribution in [0.1, 0.15) is 30.5 Å². The molecule has 0 bridgehead atoms. The molecule has 0 radical (unpaired) electrons. The van der Waals surface area contributed by atoms with Crippen molar-refractivity contribution in [2.24, 2.45) is 0 Å². The summed E-state index contributed by atoms with van der Waals surface area (Å²) in [6.07, 6.45) is 4.68. The molecule has 0 fully saturated rings. The molecule has 1 aromatic heterocycles. The van der Waals surface area contributed by atoms with Gasteiger partial charge < -0.3 is 15.4 Å². The molecule has 0 amide bonds. The number of esters is 1. The van der Waals surface area contributed by atoms with Gasteiger partial charge in [-0.3, -0.25) is 0 Å². The smallest absolute Gasteiger partial charge is 0.330 e. The van der Waals surface area contributed by atoms with Crippen molar-refractivity contribution in [3.8, 4) is 0 Å². The van der Waals surface area contributed by atoms with E-state index in [4.69, 9.17) is 0 Å². The first-order chi connectivity index (χ1) is 15.4. The Morgan fingerprint density at radius 2 is 1.97 bits per heavy atom. The number of carbonyl (C=O) groups is 1. The Morgan fingerprint density at radius 1 is 1.19 bits per heavy atom. The number of nitrogens with one attached hydrogen (secondary N) is 2. The van der Waals surface area contributed by atoms with Gasteiger partial charge in [-0.1, -0.05) is 30.3 Å². The van der Waals surface area contributed by atoms with Crippen molar-refractivity contribution in [2.75, 3.05) is 17.7 Å². The molecule has 32 heavy (non-hydrogen) atoms. The predicted octanol–water partition coefficient (Wildman–Crippen LogP) is 5.83. The number of thioether (sulfide) groups is 1. The van der Waals surface area contributed by atoms with E-state index in [1.165, 1.54) is 23.6 Å². The number of carbonyl (C=O) groups excluding carboxylic acids is 1. The number of hydrogen-bond acceptors (Lipinski definition) is 7. The van der Waals surface area contributed by atoms with Crippen molar-refractivity contribution in [3.05, 3.63) is 77.5 Å². The summed E-state index contributed by atoms with van der Waals surface area (Å²) in [4.78, 5) is 21.7. The van der Waals surface area contributed by atoms with Gasteiger partial charge in [0, 0.05) is 40.2 Å². The van der Waals surface area contributed by atoms with Crippen LogP contribution in [0.25, 0.3) is 6.08 Å². The van der Waals surface area contributed by atoms with E-state index in [2.05, 4.69) is 68.7 Å². The van der Waals surface area contributed by atoms with Gasteiger partial charge in [0.05, 0.1) is 7.11 Å². The van der Waals surface area contributed by atoms with Crippen molar-refractivity contribution in [3.63, 3.8) is 0 Å². The molecular formula is C25H28N4O2S. The average Bonchev–Trinajstić information content (AvgIpc) is 2.79. The number of aryl methyl sites for hydroxylation is 1. The number of aromatic nitrogens is 2. The maximum atomic E-state index is 11.4. The fourth-order valence-corrected chi connectivity index (χ4v) is 3.87. The van der Waals surface area contributed by atoms with Crippen LogP contribution in [0.15, 0.2) is 65.7 Å². The monoisotopic (exact) mass is 448 g/mol. The molecule has 7 heteroatoms. The molecule has 0 aliphatic rings. The van der Waals surface area contributed by atoms with Crippen LogP contribution in [0.4, 0.5) is 17.5 Å². The Kier molecular flexibility index (Phi) is 8.27. The summed E-state index contributed by atoms with van der Waals surface area (Å²) in [5.74, 6) is 1.63. The van der Waals surface area contributed by atoms with Crippen LogP contribution >= 0.6 is 11.8 Å². The minimum absolute atomic E-state index is 0.172. The summed E-state index contributed by atoms with van der Waals surface area (Å²) >= 11 is 1.81. The van der Waals surface area contributed by atoms with E-state index in [1.807, 2.05) is 37.7 Å². The van der Waals surface area contributed by atoms with E-state index in [1.54, 1.807) is 12.3 Å². The highest BCUT2D eigenvalue weighted by Gasteiger charge is 2.09. The van der Waals surface area contributed by atoms with Crippen molar-refractivity contribution in [1.29, 1.82) is 0 Å². The average molecular weight is 449 g/mol. The van der Waals surface area contributed by atoms with Crippen LogP contribution in [0.5, 0.6) is 0 Å². The maximum absolute atomic E-state index is 11.4. The molecule has 0 atom stereocenters. The van der Waals surface area contributed by atoms with E-state index < -0.39 is 5.97 Å². The van der Waals surface area contributed by atoms with Crippen molar-refractivity contribution in [1.82, 2.24) is 9.97 Å². The fraction of sp³-hybridized carbons (Fsp3) is 0.240. The lowest BCUT2D eigenvalue weighted by atomic mass is 10.2. The fourth-order valence-electron chi connectivity index (χ4n) is 2.92. The van der Waals surface area contributed by atoms with E-state index in [0.29, 0.717) is 17.3 Å². The molecule has 1 heterocycles. The Labute approximate surface area is 193 Å². The van der Waals surface area contributed by atoms with Crippen LogP contribution in [0.2, 0.25) is 0 Å². The van der Waals surface area contributed by atoms with Gasteiger partial charge in [-0.25, -0.2) is 9.78 Å². The van der Waals surface area contributed by atoms with Crippen molar-refractivity contribution >= 4 is 41.3 Å². The molecule has 0 aliphatic carbocycles. The van der Waals surface area contributed by atoms with Crippen molar-refractivity contribution in [2.45, 2.75) is 37.5 Å². The molecular weight excluding hydrogens is 420 g/mol. The second-order valence-electron chi connectivity index (χ2n) is 7.53. The Hall–Kier alpha value is -3.32. The molecule has 6 nitrogen and oxygen atoms in total.